The molecule has 0 spiro atoms. The number of aliphatic carboxylic acids is 1. The van der Waals surface area contributed by atoms with Gasteiger partial charge in [0.15, 0.2) is 4.47 Å². The third-order valence-corrected chi connectivity index (χ3v) is 2.76. The molecule has 0 atom stereocenters. The summed E-state index contributed by atoms with van der Waals surface area (Å²) >= 11 is 17.5. The Bertz CT molecular complexity index is 311. The molecule has 1 N–H and O–H groups in total. The highest BCUT2D eigenvalue weighted by atomic mass is 35.5. The molecule has 7 heteroatoms. The quantitative estimate of drug-likeness (QED) is 0.816. The Morgan fingerprint density at radius 2 is 2.25 bits per heavy atom. The van der Waals surface area contributed by atoms with Gasteiger partial charge >= 0.3 is 5.97 Å². The summed E-state index contributed by atoms with van der Waals surface area (Å²) in [5.74, 6) is -1.37. The number of alkyl halides is 2. The van der Waals surface area contributed by atoms with Gasteiger partial charge in [0.2, 0.25) is 0 Å². The number of carbonyl (C=O) groups is 1. The number of halogens is 3. The van der Waals surface area contributed by atoms with Crippen LogP contribution < -0.4 is 0 Å². The van der Waals surface area contributed by atoms with Crippen molar-refractivity contribution in [3.63, 3.8) is 0 Å². The van der Waals surface area contributed by atoms with Gasteiger partial charge in [-0.2, -0.15) is 0 Å². The molecule has 0 amide bonds. The molecule has 0 aliphatic heterocycles. The van der Waals surface area contributed by atoms with Crippen LogP contribution in [0.2, 0.25) is 4.47 Å². The lowest BCUT2D eigenvalue weighted by atomic mass is 10.3. The van der Waals surface area contributed by atoms with Gasteiger partial charge in [0.1, 0.15) is 5.69 Å². The van der Waals surface area contributed by atoms with E-state index in [-0.39, 0.29) is 10.2 Å². The van der Waals surface area contributed by atoms with Gasteiger partial charge in [-0.25, -0.2) is 9.78 Å². The lowest BCUT2D eigenvalue weighted by Crippen LogP contribution is -2.22. The number of rotatable bonds is 2. The SMILES string of the molecule is O=C(O)C(Cl)(Cl)c1csc(Cl)n1. The van der Waals surface area contributed by atoms with Gasteiger partial charge in [0, 0.05) is 5.38 Å². The molecule has 1 aromatic rings. The molecule has 0 fully saturated rings. The van der Waals surface area contributed by atoms with Crippen LogP contribution >= 0.6 is 46.1 Å². The predicted molar refractivity (Wildman–Crippen MR) is 48.1 cm³/mol. The summed E-state index contributed by atoms with van der Waals surface area (Å²) in [6.07, 6.45) is 0. The maximum Gasteiger partial charge on any atom is 0.346 e. The van der Waals surface area contributed by atoms with E-state index in [2.05, 4.69) is 4.98 Å². The van der Waals surface area contributed by atoms with Gasteiger partial charge in [-0.15, -0.1) is 11.3 Å². The molecule has 0 aliphatic carbocycles. The number of carboxylic acids is 1. The maximum atomic E-state index is 10.5. The first kappa shape index (κ1) is 10.1. The van der Waals surface area contributed by atoms with Crippen LogP contribution in [0.5, 0.6) is 0 Å². The summed E-state index contributed by atoms with van der Waals surface area (Å²) in [6.45, 7) is 0. The Labute approximate surface area is 86.9 Å². The third kappa shape index (κ3) is 1.82. The van der Waals surface area contributed by atoms with Crippen molar-refractivity contribution in [2.75, 3.05) is 0 Å². The van der Waals surface area contributed by atoms with E-state index in [1.54, 1.807) is 0 Å². The monoisotopic (exact) mass is 245 g/mol. The first-order valence-electron chi connectivity index (χ1n) is 2.67. The zero-order valence-electron chi connectivity index (χ0n) is 5.42. The fraction of sp³-hybridized carbons (Fsp3) is 0.200. The first-order valence-corrected chi connectivity index (χ1v) is 4.68. The van der Waals surface area contributed by atoms with E-state index < -0.39 is 10.3 Å². The molecule has 0 saturated heterocycles. The Kier molecular flexibility index (Phi) is 2.83. The normalized spacial score (nSPS) is 11.6. The van der Waals surface area contributed by atoms with Gasteiger partial charge in [-0.05, 0) is 0 Å². The molecule has 0 aliphatic rings. The number of aromatic nitrogens is 1. The van der Waals surface area contributed by atoms with Crippen LogP contribution in [0.3, 0.4) is 0 Å². The lowest BCUT2D eigenvalue weighted by Gasteiger charge is -2.09. The molecule has 1 rings (SSSR count). The number of nitrogens with zero attached hydrogens (tertiary/aromatic N) is 1. The molecule has 66 valence electrons. The minimum Gasteiger partial charge on any atom is -0.479 e. The highest BCUT2D eigenvalue weighted by Crippen LogP contribution is 2.35. The zero-order valence-corrected chi connectivity index (χ0v) is 8.51. The molecule has 0 radical (unpaired) electrons. The maximum absolute atomic E-state index is 10.5. The van der Waals surface area contributed by atoms with Crippen LogP contribution in [-0.4, -0.2) is 16.1 Å². The molecule has 0 saturated carbocycles. The van der Waals surface area contributed by atoms with E-state index >= 15 is 0 Å². The minimum absolute atomic E-state index is 0.0355. The average Bonchev–Trinajstić information content (AvgIpc) is 2.35. The van der Waals surface area contributed by atoms with E-state index in [9.17, 15) is 4.79 Å². The van der Waals surface area contributed by atoms with Gasteiger partial charge in [-0.3, -0.25) is 0 Å². The van der Waals surface area contributed by atoms with Crippen molar-refractivity contribution >= 4 is 52.1 Å². The van der Waals surface area contributed by atoms with Crippen molar-refractivity contribution in [3.8, 4) is 0 Å². The van der Waals surface area contributed by atoms with Crippen molar-refractivity contribution < 1.29 is 9.90 Å². The summed E-state index contributed by atoms with van der Waals surface area (Å²) in [4.78, 5) is 14.1. The van der Waals surface area contributed by atoms with Crippen molar-refractivity contribution in [1.82, 2.24) is 4.98 Å². The lowest BCUT2D eigenvalue weighted by molar-refractivity contribution is -0.138. The van der Waals surface area contributed by atoms with Crippen LogP contribution in [-0.2, 0) is 9.13 Å². The first-order chi connectivity index (χ1) is 5.44. The Morgan fingerprint density at radius 3 is 2.58 bits per heavy atom. The van der Waals surface area contributed by atoms with Crippen LogP contribution in [0.1, 0.15) is 5.69 Å². The summed E-state index contributed by atoms with van der Waals surface area (Å²) in [7, 11) is 0. The summed E-state index contributed by atoms with van der Waals surface area (Å²) in [6, 6.07) is 0. The number of carboxylic acid groups (broad SMARTS) is 1. The number of hydrogen-bond donors (Lipinski definition) is 1. The van der Waals surface area contributed by atoms with Crippen molar-refractivity contribution in [2.24, 2.45) is 0 Å². The minimum atomic E-state index is -2.01. The van der Waals surface area contributed by atoms with Crippen LogP contribution in [0, 0.1) is 0 Å². The number of thiazole rings is 1. The topological polar surface area (TPSA) is 50.2 Å². The van der Waals surface area contributed by atoms with E-state index in [1.807, 2.05) is 0 Å². The van der Waals surface area contributed by atoms with Gasteiger partial charge in [0.25, 0.3) is 4.33 Å². The smallest absolute Gasteiger partial charge is 0.346 e. The van der Waals surface area contributed by atoms with E-state index in [4.69, 9.17) is 39.9 Å². The second-order valence-electron chi connectivity index (χ2n) is 1.87. The van der Waals surface area contributed by atoms with E-state index in [0.717, 1.165) is 11.3 Å². The summed E-state index contributed by atoms with van der Waals surface area (Å²) in [5.41, 5.74) is 0.0355. The molecule has 1 aromatic heterocycles. The molecule has 1 heterocycles. The third-order valence-electron chi connectivity index (χ3n) is 1.07. The standard InChI is InChI=1S/C5H2Cl3NO2S/c6-4-9-2(1-12-4)5(7,8)3(10)11/h1H,(H,10,11). The molecule has 0 aromatic carbocycles. The fourth-order valence-electron chi connectivity index (χ4n) is 0.506. The average molecular weight is 247 g/mol. The van der Waals surface area contributed by atoms with Gasteiger partial charge in [-0.1, -0.05) is 34.8 Å². The molecular weight excluding hydrogens is 244 g/mol. The van der Waals surface area contributed by atoms with E-state index in [1.165, 1.54) is 5.38 Å². The van der Waals surface area contributed by atoms with Crippen molar-refractivity contribution in [3.05, 3.63) is 15.5 Å². The largest absolute Gasteiger partial charge is 0.479 e. The molecular formula is C5H2Cl3NO2S. The van der Waals surface area contributed by atoms with Gasteiger partial charge < -0.3 is 5.11 Å². The highest BCUT2D eigenvalue weighted by molar-refractivity contribution is 7.14. The highest BCUT2D eigenvalue weighted by Gasteiger charge is 2.38. The fourth-order valence-corrected chi connectivity index (χ4v) is 1.64. The van der Waals surface area contributed by atoms with Crippen LogP contribution in [0.15, 0.2) is 5.38 Å². The Balaban J connectivity index is 3.05. The molecule has 0 bridgehead atoms. The zero-order chi connectivity index (χ0) is 9.35. The summed E-state index contributed by atoms with van der Waals surface area (Å²) in [5, 5.41) is 9.96. The second kappa shape index (κ2) is 3.38. The predicted octanol–water partition coefficient (Wildman–Crippen LogP) is 2.51. The Hall–Kier alpha value is -0.0300. The van der Waals surface area contributed by atoms with E-state index in [0.29, 0.717) is 0 Å². The van der Waals surface area contributed by atoms with Crippen LogP contribution in [0.25, 0.3) is 0 Å². The Morgan fingerprint density at radius 1 is 1.67 bits per heavy atom. The summed E-state index contributed by atoms with van der Waals surface area (Å²) < 4.78 is -1.80. The van der Waals surface area contributed by atoms with Crippen molar-refractivity contribution in [1.29, 1.82) is 0 Å². The van der Waals surface area contributed by atoms with Gasteiger partial charge in [0.05, 0.1) is 0 Å². The molecule has 12 heavy (non-hydrogen) atoms. The second-order valence-corrected chi connectivity index (χ2v) is 4.63. The van der Waals surface area contributed by atoms with Crippen LogP contribution in [0.4, 0.5) is 0 Å². The number of hydrogen-bond acceptors (Lipinski definition) is 3. The molecule has 3 nitrogen and oxygen atoms in total. The van der Waals surface area contributed by atoms with Crippen molar-refractivity contribution in [2.45, 2.75) is 4.33 Å². The molecule has 0 unspecified atom stereocenters.